The molecule has 0 aromatic carbocycles. The first kappa shape index (κ1) is 15.1. The van der Waals surface area contributed by atoms with Crippen molar-refractivity contribution in [2.45, 2.75) is 37.5 Å². The molecule has 0 bridgehead atoms. The second kappa shape index (κ2) is 5.54. The molecule has 0 aliphatic carbocycles. The van der Waals surface area contributed by atoms with E-state index in [-0.39, 0.29) is 5.60 Å². The van der Waals surface area contributed by atoms with Gasteiger partial charge in [-0.1, -0.05) is 6.08 Å². The summed E-state index contributed by atoms with van der Waals surface area (Å²) >= 11 is 3.37. The summed E-state index contributed by atoms with van der Waals surface area (Å²) in [6.45, 7) is 8.62. The molecule has 3 aromatic rings. The van der Waals surface area contributed by atoms with Gasteiger partial charge in [-0.25, -0.2) is 15.0 Å². The molecule has 0 saturated heterocycles. The van der Waals surface area contributed by atoms with Crippen molar-refractivity contribution in [1.29, 1.82) is 0 Å². The van der Waals surface area contributed by atoms with Gasteiger partial charge in [-0.2, -0.15) is 0 Å². The molecule has 0 radical (unpaired) electrons. The van der Waals surface area contributed by atoms with Gasteiger partial charge in [-0.05, 0) is 19.9 Å². The second-order valence-electron chi connectivity index (χ2n) is 6.23. The Labute approximate surface area is 143 Å². The lowest BCUT2D eigenvalue weighted by Crippen LogP contribution is -2.32. The van der Waals surface area contributed by atoms with Crippen LogP contribution in [0, 0.1) is 0 Å². The predicted molar refractivity (Wildman–Crippen MR) is 96.2 cm³/mol. The molecule has 118 valence electrons. The Morgan fingerprint density at radius 3 is 3.13 bits per heavy atom. The summed E-state index contributed by atoms with van der Waals surface area (Å²) in [4.78, 5) is 14.9. The Bertz CT molecular complexity index is 917. The van der Waals surface area contributed by atoms with Gasteiger partial charge in [0.1, 0.15) is 16.2 Å². The molecule has 0 N–H and O–H groups in total. The quantitative estimate of drug-likeness (QED) is 0.401. The molecule has 0 amide bonds. The van der Waals surface area contributed by atoms with Crippen molar-refractivity contribution in [3.05, 3.63) is 36.3 Å². The third kappa shape index (κ3) is 2.65. The maximum atomic E-state index is 5.92. The van der Waals surface area contributed by atoms with Gasteiger partial charge in [-0.3, -0.25) is 0 Å². The summed E-state index contributed by atoms with van der Waals surface area (Å²) in [6, 6.07) is 2.20. The van der Waals surface area contributed by atoms with Gasteiger partial charge in [0, 0.05) is 23.1 Å². The Morgan fingerprint density at radius 1 is 1.43 bits per heavy atom. The molecule has 0 unspecified atom stereocenters. The Morgan fingerprint density at radius 2 is 2.30 bits per heavy atom. The standard InChI is InChI=1S/C17H17N3OS2/c1-4-5-22-16-14-13(18-9-19-16)11-6-10-8-21-17(2,3)7-12(10)20-15(11)23-14/h4,6,9H,1,5,7-8H2,2-3H3. The second-order valence-corrected chi connectivity index (χ2v) is 8.24. The largest absolute Gasteiger partial charge is 0.370 e. The smallest absolute Gasteiger partial charge is 0.126 e. The Balaban J connectivity index is 1.90. The molecule has 0 fully saturated rings. The number of fused-ring (bicyclic) bond motifs is 4. The zero-order valence-corrected chi connectivity index (χ0v) is 14.8. The number of hydrogen-bond donors (Lipinski definition) is 0. The summed E-state index contributed by atoms with van der Waals surface area (Å²) in [7, 11) is 0. The topological polar surface area (TPSA) is 47.9 Å². The van der Waals surface area contributed by atoms with Gasteiger partial charge in [0.2, 0.25) is 0 Å². The first-order chi connectivity index (χ1) is 11.1. The third-order valence-electron chi connectivity index (χ3n) is 3.93. The van der Waals surface area contributed by atoms with E-state index < -0.39 is 0 Å². The minimum atomic E-state index is -0.144. The Kier molecular flexibility index (Phi) is 3.63. The van der Waals surface area contributed by atoms with Crippen molar-refractivity contribution in [3.8, 4) is 0 Å². The van der Waals surface area contributed by atoms with Crippen LogP contribution in [0.1, 0.15) is 25.1 Å². The summed E-state index contributed by atoms with van der Waals surface area (Å²) in [5, 5.41) is 2.11. The first-order valence-electron chi connectivity index (χ1n) is 7.51. The minimum absolute atomic E-state index is 0.144. The van der Waals surface area contributed by atoms with E-state index in [1.807, 2.05) is 6.08 Å². The van der Waals surface area contributed by atoms with Crippen LogP contribution in [0.5, 0.6) is 0 Å². The summed E-state index contributed by atoms with van der Waals surface area (Å²) < 4.78 is 7.04. The molecule has 4 nitrogen and oxygen atoms in total. The molecule has 0 spiro atoms. The van der Waals surface area contributed by atoms with Crippen LogP contribution in [0.15, 0.2) is 30.1 Å². The molecule has 6 heteroatoms. The summed E-state index contributed by atoms with van der Waals surface area (Å²) in [6.07, 6.45) is 4.37. The number of rotatable bonds is 3. The van der Waals surface area contributed by atoms with Gasteiger partial charge in [0.05, 0.1) is 28.1 Å². The molecule has 3 aromatic heterocycles. The molecule has 23 heavy (non-hydrogen) atoms. The number of thiophene rings is 1. The van der Waals surface area contributed by atoms with Crippen LogP contribution in [0.4, 0.5) is 0 Å². The molecular weight excluding hydrogens is 326 g/mol. The van der Waals surface area contributed by atoms with E-state index in [2.05, 4.69) is 36.5 Å². The van der Waals surface area contributed by atoms with Crippen molar-refractivity contribution < 1.29 is 4.74 Å². The Hall–Kier alpha value is -1.50. The zero-order chi connectivity index (χ0) is 16.0. The van der Waals surface area contributed by atoms with Gasteiger partial charge in [-0.15, -0.1) is 29.7 Å². The van der Waals surface area contributed by atoms with Crippen LogP contribution in [0.2, 0.25) is 0 Å². The van der Waals surface area contributed by atoms with E-state index in [4.69, 9.17) is 9.72 Å². The predicted octanol–water partition coefficient (Wildman–Crippen LogP) is 4.37. The van der Waals surface area contributed by atoms with Crippen molar-refractivity contribution in [2.24, 2.45) is 0 Å². The maximum absolute atomic E-state index is 5.92. The van der Waals surface area contributed by atoms with Gasteiger partial charge >= 0.3 is 0 Å². The van der Waals surface area contributed by atoms with Crippen LogP contribution in [-0.4, -0.2) is 26.3 Å². The molecule has 1 aliphatic rings. The number of nitrogens with zero attached hydrogens (tertiary/aromatic N) is 3. The van der Waals surface area contributed by atoms with Gasteiger partial charge in [0.15, 0.2) is 0 Å². The maximum Gasteiger partial charge on any atom is 0.126 e. The minimum Gasteiger partial charge on any atom is -0.370 e. The molecular formula is C17H17N3OS2. The summed E-state index contributed by atoms with van der Waals surface area (Å²) in [5.74, 6) is 0.840. The highest BCUT2D eigenvalue weighted by molar-refractivity contribution is 7.99. The van der Waals surface area contributed by atoms with Crippen LogP contribution in [-0.2, 0) is 17.8 Å². The van der Waals surface area contributed by atoms with Crippen molar-refractivity contribution >= 4 is 43.5 Å². The molecule has 4 rings (SSSR count). The average molecular weight is 343 g/mol. The molecule has 1 aliphatic heterocycles. The van der Waals surface area contributed by atoms with E-state index in [0.717, 1.165) is 43.3 Å². The molecule has 0 saturated carbocycles. The fourth-order valence-corrected chi connectivity index (χ4v) is 4.75. The molecule has 4 heterocycles. The van der Waals surface area contributed by atoms with Crippen LogP contribution in [0.25, 0.3) is 20.4 Å². The number of ether oxygens (including phenoxy) is 1. The van der Waals surface area contributed by atoms with Gasteiger partial charge < -0.3 is 4.74 Å². The fraction of sp³-hybridized carbons (Fsp3) is 0.353. The van der Waals surface area contributed by atoms with E-state index in [0.29, 0.717) is 6.61 Å². The SMILES string of the molecule is C=CCSc1ncnc2c1sc1nc3c(cc12)COC(C)(C)C3. The number of thioether (sulfide) groups is 1. The van der Waals surface area contributed by atoms with Crippen LogP contribution >= 0.6 is 23.1 Å². The lowest BCUT2D eigenvalue weighted by atomic mass is 9.95. The summed E-state index contributed by atoms with van der Waals surface area (Å²) in [5.41, 5.74) is 3.17. The van der Waals surface area contributed by atoms with Crippen LogP contribution in [0.3, 0.4) is 0 Å². The van der Waals surface area contributed by atoms with Crippen molar-refractivity contribution in [1.82, 2.24) is 15.0 Å². The zero-order valence-electron chi connectivity index (χ0n) is 13.1. The van der Waals surface area contributed by atoms with E-state index in [9.17, 15) is 0 Å². The monoisotopic (exact) mass is 343 g/mol. The number of aromatic nitrogens is 3. The highest BCUT2D eigenvalue weighted by Crippen LogP contribution is 2.38. The van der Waals surface area contributed by atoms with Crippen molar-refractivity contribution in [2.75, 3.05) is 5.75 Å². The van der Waals surface area contributed by atoms with Gasteiger partial charge in [0.25, 0.3) is 0 Å². The number of pyridine rings is 1. The number of hydrogen-bond acceptors (Lipinski definition) is 6. The highest BCUT2D eigenvalue weighted by Gasteiger charge is 2.28. The normalized spacial score (nSPS) is 16.6. The average Bonchev–Trinajstić information content (AvgIpc) is 2.88. The lowest BCUT2D eigenvalue weighted by Gasteiger charge is -2.30. The van der Waals surface area contributed by atoms with Crippen LogP contribution < -0.4 is 0 Å². The van der Waals surface area contributed by atoms with E-state index >= 15 is 0 Å². The van der Waals surface area contributed by atoms with E-state index in [1.54, 1.807) is 29.4 Å². The van der Waals surface area contributed by atoms with Crippen molar-refractivity contribution in [3.63, 3.8) is 0 Å². The lowest BCUT2D eigenvalue weighted by molar-refractivity contribution is -0.0411. The third-order valence-corrected chi connectivity index (χ3v) is 6.14. The molecule has 0 atom stereocenters. The highest BCUT2D eigenvalue weighted by atomic mass is 32.2. The fourth-order valence-electron chi connectivity index (χ4n) is 2.81. The van der Waals surface area contributed by atoms with E-state index in [1.165, 1.54) is 5.56 Å². The first-order valence-corrected chi connectivity index (χ1v) is 9.31.